The van der Waals surface area contributed by atoms with Crippen molar-refractivity contribution in [1.29, 1.82) is 0 Å². The second-order valence-corrected chi connectivity index (χ2v) is 8.06. The second kappa shape index (κ2) is 7.79. The number of hydroxylamine groups is 2. The number of hydrogen-bond donors (Lipinski definition) is 1. The van der Waals surface area contributed by atoms with E-state index in [1.807, 2.05) is 12.1 Å². The number of rotatable bonds is 5. The van der Waals surface area contributed by atoms with Crippen molar-refractivity contribution in [2.45, 2.75) is 64.6 Å². The van der Waals surface area contributed by atoms with Gasteiger partial charge in [0.15, 0.2) is 6.61 Å². The largest absolute Gasteiger partial charge is 0.444 e. The number of hydrogen-bond acceptors (Lipinski definition) is 6. The highest BCUT2D eigenvalue weighted by molar-refractivity contribution is 5.91. The summed E-state index contributed by atoms with van der Waals surface area (Å²) < 4.78 is 10.4. The van der Waals surface area contributed by atoms with Gasteiger partial charge in [-0.15, -0.1) is 0 Å². The Balaban J connectivity index is 1.44. The molecular formula is C20H26N2O6. The maximum Gasteiger partial charge on any atom is 0.408 e. The van der Waals surface area contributed by atoms with Crippen LogP contribution in [-0.2, 0) is 32.0 Å². The van der Waals surface area contributed by atoms with Crippen LogP contribution in [-0.4, -0.2) is 47.3 Å². The Bertz CT molecular complexity index is 785. The number of nitrogens with one attached hydrogen (secondary N) is 1. The van der Waals surface area contributed by atoms with E-state index >= 15 is 0 Å². The number of benzene rings is 1. The maximum atomic E-state index is 12.2. The summed E-state index contributed by atoms with van der Waals surface area (Å²) in [5.41, 5.74) is 1.84. The predicted molar refractivity (Wildman–Crippen MR) is 99.5 cm³/mol. The molecule has 1 aliphatic heterocycles. The Morgan fingerprint density at radius 2 is 1.93 bits per heavy atom. The van der Waals surface area contributed by atoms with Gasteiger partial charge in [0.2, 0.25) is 0 Å². The number of carbonyl (C=O) groups is 3. The van der Waals surface area contributed by atoms with Gasteiger partial charge in [-0.1, -0.05) is 6.07 Å². The normalized spacial score (nSPS) is 21.0. The zero-order valence-corrected chi connectivity index (χ0v) is 16.6. The molecule has 2 amide bonds. The zero-order valence-electron chi connectivity index (χ0n) is 16.6. The molecule has 0 unspecified atom stereocenters. The lowest BCUT2D eigenvalue weighted by molar-refractivity contribution is -0.232. The third kappa shape index (κ3) is 4.62. The van der Waals surface area contributed by atoms with E-state index in [4.69, 9.17) is 14.3 Å². The van der Waals surface area contributed by atoms with Crippen molar-refractivity contribution in [3.05, 3.63) is 29.3 Å². The van der Waals surface area contributed by atoms with Gasteiger partial charge in [0.25, 0.3) is 5.91 Å². The van der Waals surface area contributed by atoms with Crippen molar-refractivity contribution < 1.29 is 28.7 Å². The Morgan fingerprint density at radius 1 is 1.21 bits per heavy atom. The highest BCUT2D eigenvalue weighted by Gasteiger charge is 2.47. The predicted octanol–water partition coefficient (Wildman–Crippen LogP) is 2.14. The fourth-order valence-corrected chi connectivity index (χ4v) is 3.29. The molecule has 1 aromatic carbocycles. The summed E-state index contributed by atoms with van der Waals surface area (Å²) in [5, 5.41) is 3.57. The quantitative estimate of drug-likeness (QED) is 0.470. The van der Waals surface area contributed by atoms with Gasteiger partial charge in [-0.25, -0.2) is 14.7 Å². The van der Waals surface area contributed by atoms with E-state index in [0.717, 1.165) is 24.3 Å². The van der Waals surface area contributed by atoms with Crippen LogP contribution in [0.1, 0.15) is 45.2 Å². The van der Waals surface area contributed by atoms with Crippen molar-refractivity contribution >= 4 is 18.0 Å². The zero-order chi connectivity index (χ0) is 20.5. The summed E-state index contributed by atoms with van der Waals surface area (Å²) in [6.45, 7) is 6.52. The Kier molecular flexibility index (Phi) is 5.60. The minimum absolute atomic E-state index is 0.397. The lowest BCUT2D eigenvalue weighted by Crippen LogP contribution is -2.69. The Morgan fingerprint density at radius 3 is 2.61 bits per heavy atom. The fourth-order valence-electron chi connectivity index (χ4n) is 3.29. The van der Waals surface area contributed by atoms with Gasteiger partial charge in [0.05, 0.1) is 6.04 Å². The van der Waals surface area contributed by atoms with E-state index < -0.39 is 42.3 Å². The standard InChI is InChI=1S/C20H26N2O6/c1-12-17(21-19(25)28-20(2,3)4)18(24)22(12)26-11-16(23)27-15-9-8-13-6-5-7-14(13)10-15/h8-10,12,17H,5-7,11H2,1-4H3,(H,21,25)/t12-,17-/m0/s1. The lowest BCUT2D eigenvalue weighted by atomic mass is 10.0. The van der Waals surface area contributed by atoms with Gasteiger partial charge < -0.3 is 14.8 Å². The number of aryl methyl sites for hydroxylation is 2. The average Bonchev–Trinajstić information content (AvgIpc) is 3.06. The molecule has 0 bridgehead atoms. The first-order valence-electron chi connectivity index (χ1n) is 9.42. The molecule has 152 valence electrons. The van der Waals surface area contributed by atoms with Crippen molar-refractivity contribution in [1.82, 2.24) is 10.4 Å². The summed E-state index contributed by atoms with van der Waals surface area (Å²) in [5.74, 6) is -0.563. The third-order valence-electron chi connectivity index (χ3n) is 4.63. The minimum atomic E-state index is -0.748. The van der Waals surface area contributed by atoms with Crippen molar-refractivity contribution in [3.63, 3.8) is 0 Å². The molecule has 1 heterocycles. The molecule has 1 N–H and O–H groups in total. The number of fused-ring (bicyclic) bond motifs is 1. The Hall–Kier alpha value is -2.61. The van der Waals surface area contributed by atoms with E-state index in [1.54, 1.807) is 33.8 Å². The molecule has 8 nitrogen and oxygen atoms in total. The van der Waals surface area contributed by atoms with E-state index in [2.05, 4.69) is 5.32 Å². The number of amides is 2. The van der Waals surface area contributed by atoms with Crippen LogP contribution in [0.2, 0.25) is 0 Å². The molecule has 1 aliphatic carbocycles. The van der Waals surface area contributed by atoms with Gasteiger partial charge >= 0.3 is 12.1 Å². The number of alkyl carbamates (subject to hydrolysis) is 1. The second-order valence-electron chi connectivity index (χ2n) is 8.06. The highest BCUT2D eigenvalue weighted by atomic mass is 16.7. The number of esters is 1. The third-order valence-corrected chi connectivity index (χ3v) is 4.63. The Labute approximate surface area is 164 Å². The van der Waals surface area contributed by atoms with Crippen LogP contribution in [0.15, 0.2) is 18.2 Å². The van der Waals surface area contributed by atoms with Gasteiger partial charge in [0.1, 0.15) is 17.4 Å². The van der Waals surface area contributed by atoms with Crippen LogP contribution in [0.4, 0.5) is 4.79 Å². The molecule has 1 saturated heterocycles. The molecule has 0 aromatic heterocycles. The molecule has 1 aromatic rings. The highest BCUT2D eigenvalue weighted by Crippen LogP contribution is 2.26. The van der Waals surface area contributed by atoms with Crippen LogP contribution in [0.5, 0.6) is 5.75 Å². The molecule has 1 fully saturated rings. The van der Waals surface area contributed by atoms with Gasteiger partial charge in [0, 0.05) is 0 Å². The number of nitrogens with zero attached hydrogens (tertiary/aromatic N) is 1. The molecule has 8 heteroatoms. The van der Waals surface area contributed by atoms with Crippen LogP contribution in [0, 0.1) is 0 Å². The molecule has 0 saturated carbocycles. The van der Waals surface area contributed by atoms with Crippen LogP contribution < -0.4 is 10.1 Å². The fraction of sp³-hybridized carbons (Fsp3) is 0.550. The van der Waals surface area contributed by atoms with E-state index in [-0.39, 0.29) is 0 Å². The summed E-state index contributed by atoms with van der Waals surface area (Å²) in [6, 6.07) is 4.44. The topological polar surface area (TPSA) is 94.2 Å². The van der Waals surface area contributed by atoms with Gasteiger partial charge in [-0.2, -0.15) is 0 Å². The number of β-lactam (4-membered cyclic amide) rings is 1. The summed E-state index contributed by atoms with van der Waals surface area (Å²) in [7, 11) is 0. The van der Waals surface area contributed by atoms with E-state index in [0.29, 0.717) is 5.75 Å². The smallest absolute Gasteiger partial charge is 0.408 e. The molecule has 28 heavy (non-hydrogen) atoms. The monoisotopic (exact) mass is 390 g/mol. The lowest BCUT2D eigenvalue weighted by Gasteiger charge is -2.43. The SMILES string of the molecule is C[C@H]1[C@H](NC(=O)OC(C)(C)C)C(=O)N1OCC(=O)Oc1ccc2c(c1)CCC2. The number of ether oxygens (including phenoxy) is 2. The van der Waals surface area contributed by atoms with Crippen LogP contribution >= 0.6 is 0 Å². The molecule has 2 atom stereocenters. The van der Waals surface area contributed by atoms with E-state index in [1.165, 1.54) is 11.1 Å². The van der Waals surface area contributed by atoms with Gasteiger partial charge in [-0.3, -0.25) is 9.63 Å². The number of carbonyl (C=O) groups excluding carboxylic acids is 3. The maximum absolute atomic E-state index is 12.2. The molecule has 3 rings (SSSR count). The summed E-state index contributed by atoms with van der Waals surface area (Å²) in [6.07, 6.45) is 2.49. The van der Waals surface area contributed by atoms with Gasteiger partial charge in [-0.05, 0) is 70.2 Å². The molecular weight excluding hydrogens is 364 g/mol. The van der Waals surface area contributed by atoms with Crippen molar-refractivity contribution in [2.75, 3.05) is 6.61 Å². The van der Waals surface area contributed by atoms with Crippen molar-refractivity contribution in [3.8, 4) is 5.75 Å². The first-order valence-corrected chi connectivity index (χ1v) is 9.42. The van der Waals surface area contributed by atoms with Crippen molar-refractivity contribution in [2.24, 2.45) is 0 Å². The van der Waals surface area contributed by atoms with Crippen LogP contribution in [0.25, 0.3) is 0 Å². The van der Waals surface area contributed by atoms with E-state index in [9.17, 15) is 14.4 Å². The minimum Gasteiger partial charge on any atom is -0.444 e. The summed E-state index contributed by atoms with van der Waals surface area (Å²) >= 11 is 0. The first kappa shape index (κ1) is 20.1. The van der Waals surface area contributed by atoms with Crippen LogP contribution in [0.3, 0.4) is 0 Å². The summed E-state index contributed by atoms with van der Waals surface area (Å²) in [4.78, 5) is 41.2. The molecule has 2 aliphatic rings. The molecule has 0 spiro atoms. The average molecular weight is 390 g/mol. The first-order chi connectivity index (χ1) is 13.1. The molecule has 0 radical (unpaired) electrons.